The molecule has 11 heteroatoms. The van der Waals surface area contributed by atoms with Crippen molar-refractivity contribution < 1.29 is 14.3 Å². The number of aryl methyl sites for hydroxylation is 1. The SMILES string of the molecule is CCCCCC[SH]=CN=C(N)c1ccc(NCc2nc3cc(C(=O)N(CCC(=O)OCC)c4ccccn4)ccc3n2C)cc1. The maximum absolute atomic E-state index is 13.6. The van der Waals surface area contributed by atoms with Crippen LogP contribution in [-0.4, -0.2) is 56.6 Å². The number of aromatic nitrogens is 3. The van der Waals surface area contributed by atoms with Gasteiger partial charge in [0.2, 0.25) is 0 Å². The normalized spacial score (nSPS) is 11.8. The molecule has 2 heterocycles. The molecule has 3 N–H and O–H groups in total. The molecule has 0 fully saturated rings. The lowest BCUT2D eigenvalue weighted by atomic mass is 10.1. The number of fused-ring (bicyclic) bond motifs is 1. The molecular formula is C34H43N7O3S. The summed E-state index contributed by atoms with van der Waals surface area (Å²) in [4.78, 5) is 40.7. The number of amides is 1. The van der Waals surface area contributed by atoms with Gasteiger partial charge in [-0.05, 0) is 73.7 Å². The predicted molar refractivity (Wildman–Crippen MR) is 186 cm³/mol. The van der Waals surface area contributed by atoms with Crippen molar-refractivity contribution in [2.24, 2.45) is 17.8 Å². The molecule has 0 atom stereocenters. The van der Waals surface area contributed by atoms with E-state index in [2.05, 4.69) is 22.2 Å². The van der Waals surface area contributed by atoms with E-state index in [0.717, 1.165) is 28.3 Å². The summed E-state index contributed by atoms with van der Waals surface area (Å²) < 4.78 is 7.06. The third kappa shape index (κ3) is 9.49. The second-order valence-electron chi connectivity index (χ2n) is 10.5. The number of aliphatic imine (C=N–C) groups is 1. The zero-order chi connectivity index (χ0) is 32.0. The molecule has 0 spiro atoms. The number of ether oxygens (including phenoxy) is 1. The summed E-state index contributed by atoms with van der Waals surface area (Å²) in [5, 5.41) is 3.42. The number of pyridine rings is 1. The van der Waals surface area contributed by atoms with Crippen molar-refractivity contribution in [3.8, 4) is 0 Å². The first-order chi connectivity index (χ1) is 21.9. The van der Waals surface area contributed by atoms with Gasteiger partial charge in [0.1, 0.15) is 17.5 Å². The molecule has 0 bridgehead atoms. The van der Waals surface area contributed by atoms with Crippen LogP contribution in [0.4, 0.5) is 11.5 Å². The first kappa shape index (κ1) is 33.4. The molecule has 4 rings (SSSR count). The van der Waals surface area contributed by atoms with Crippen molar-refractivity contribution in [3.63, 3.8) is 0 Å². The summed E-state index contributed by atoms with van der Waals surface area (Å²) in [6, 6.07) is 18.6. The van der Waals surface area contributed by atoms with Crippen molar-refractivity contribution in [2.45, 2.75) is 52.5 Å². The topological polar surface area (TPSA) is 128 Å². The van der Waals surface area contributed by atoms with E-state index >= 15 is 0 Å². The van der Waals surface area contributed by atoms with Crippen molar-refractivity contribution >= 4 is 57.1 Å². The Labute approximate surface area is 268 Å². The monoisotopic (exact) mass is 629 g/mol. The fraction of sp³-hybridized carbons (Fsp3) is 0.353. The number of nitrogens with zero attached hydrogens (tertiary/aromatic N) is 5. The number of esters is 1. The van der Waals surface area contributed by atoms with Crippen LogP contribution in [0.5, 0.6) is 0 Å². The van der Waals surface area contributed by atoms with Crippen molar-refractivity contribution in [2.75, 3.05) is 29.1 Å². The molecule has 1 amide bonds. The molecule has 45 heavy (non-hydrogen) atoms. The zero-order valence-corrected chi connectivity index (χ0v) is 27.2. The molecule has 10 nitrogen and oxygen atoms in total. The van der Waals surface area contributed by atoms with Gasteiger partial charge in [0.15, 0.2) is 0 Å². The van der Waals surface area contributed by atoms with Gasteiger partial charge in [-0.25, -0.2) is 15.0 Å². The number of anilines is 2. The van der Waals surface area contributed by atoms with Gasteiger partial charge in [-0.2, -0.15) is 11.4 Å². The summed E-state index contributed by atoms with van der Waals surface area (Å²) in [7, 11) is 1.95. The smallest absolute Gasteiger partial charge is 0.307 e. The van der Waals surface area contributed by atoms with Gasteiger partial charge < -0.3 is 20.4 Å². The minimum atomic E-state index is -0.364. The van der Waals surface area contributed by atoms with E-state index in [1.165, 1.54) is 41.9 Å². The second kappa shape index (κ2) is 17.1. The highest BCUT2D eigenvalue weighted by Crippen LogP contribution is 2.21. The first-order valence-corrected chi connectivity index (χ1v) is 16.6. The summed E-state index contributed by atoms with van der Waals surface area (Å²) >= 11 is 1.19. The number of carbonyl (C=O) groups is 2. The highest BCUT2D eigenvalue weighted by molar-refractivity contribution is 7.97. The Morgan fingerprint density at radius 2 is 1.87 bits per heavy atom. The molecule has 238 valence electrons. The van der Waals surface area contributed by atoms with Crippen LogP contribution in [-0.2, 0) is 23.1 Å². The fourth-order valence-electron chi connectivity index (χ4n) is 4.77. The Morgan fingerprint density at radius 1 is 1.07 bits per heavy atom. The minimum Gasteiger partial charge on any atom is -0.466 e. The lowest BCUT2D eigenvalue weighted by Gasteiger charge is -2.21. The van der Waals surface area contributed by atoms with Crippen LogP contribution in [0.15, 0.2) is 71.9 Å². The Kier molecular flexibility index (Phi) is 12.7. The van der Waals surface area contributed by atoms with Crippen LogP contribution < -0.4 is 16.0 Å². The van der Waals surface area contributed by atoms with E-state index in [1.54, 1.807) is 43.5 Å². The second-order valence-corrected chi connectivity index (χ2v) is 11.6. The average Bonchev–Trinajstić information content (AvgIpc) is 3.38. The van der Waals surface area contributed by atoms with Crippen LogP contribution in [0.25, 0.3) is 11.0 Å². The number of nitrogens with two attached hydrogens (primary N) is 1. The quantitative estimate of drug-likeness (QED) is 0.0363. The van der Waals surface area contributed by atoms with Gasteiger partial charge in [0.25, 0.3) is 5.91 Å². The third-order valence-corrected chi connectivity index (χ3v) is 8.14. The molecule has 4 aromatic rings. The summed E-state index contributed by atoms with van der Waals surface area (Å²) in [6.07, 6.45) is 6.70. The lowest BCUT2D eigenvalue weighted by molar-refractivity contribution is -0.142. The van der Waals surface area contributed by atoms with E-state index in [1.807, 2.05) is 47.4 Å². The maximum Gasteiger partial charge on any atom is 0.307 e. The van der Waals surface area contributed by atoms with Crippen LogP contribution in [0.2, 0.25) is 0 Å². The number of benzene rings is 2. The highest BCUT2D eigenvalue weighted by atomic mass is 32.1. The zero-order valence-electron chi connectivity index (χ0n) is 26.3. The van der Waals surface area contributed by atoms with Crippen molar-refractivity contribution in [1.29, 1.82) is 0 Å². The molecule has 0 saturated heterocycles. The fourth-order valence-corrected chi connectivity index (χ4v) is 5.50. The number of unbranched alkanes of at least 4 members (excludes halogenated alkanes) is 3. The summed E-state index contributed by atoms with van der Waals surface area (Å²) in [5.41, 5.74) is 11.9. The molecule has 0 unspecified atom stereocenters. The lowest BCUT2D eigenvalue weighted by Crippen LogP contribution is -2.34. The van der Waals surface area contributed by atoms with Crippen LogP contribution >= 0.6 is 11.4 Å². The number of rotatable bonds is 16. The Morgan fingerprint density at radius 3 is 2.60 bits per heavy atom. The number of hydrogen-bond donors (Lipinski definition) is 3. The van der Waals surface area contributed by atoms with Crippen LogP contribution in [0.3, 0.4) is 0 Å². The standard InChI is InChI=1S/C34H43N7O3S/c1-4-6-7-10-21-45-24-38-33(35)25-12-15-27(16-13-25)37-23-31-39-28-22-26(14-17-29(28)40(31)3)34(43)41(20-18-32(42)44-5-2)30-11-8-9-19-36-30/h8-9,11-17,19,22,24,37,45H,4-7,10,18,20-21,23H2,1-3H3,(H2,35,38). The molecule has 0 aliphatic heterocycles. The van der Waals surface area contributed by atoms with E-state index in [0.29, 0.717) is 29.3 Å². The molecule has 0 aliphatic rings. The summed E-state index contributed by atoms with van der Waals surface area (Å²) in [5.74, 6) is 2.27. The van der Waals surface area contributed by atoms with Gasteiger partial charge in [-0.3, -0.25) is 14.5 Å². The van der Waals surface area contributed by atoms with E-state index in [9.17, 15) is 9.59 Å². The molecule has 2 aromatic carbocycles. The molecular weight excluding hydrogens is 586 g/mol. The van der Waals surface area contributed by atoms with Crippen molar-refractivity contribution in [1.82, 2.24) is 14.5 Å². The maximum atomic E-state index is 13.6. The van der Waals surface area contributed by atoms with Gasteiger partial charge in [-0.1, -0.05) is 32.3 Å². The van der Waals surface area contributed by atoms with Gasteiger partial charge >= 0.3 is 5.97 Å². The van der Waals surface area contributed by atoms with Crippen molar-refractivity contribution in [3.05, 3.63) is 83.8 Å². The molecule has 0 aliphatic carbocycles. The number of hydrogen-bond acceptors (Lipinski definition) is 6. The summed E-state index contributed by atoms with van der Waals surface area (Å²) in [6.45, 7) is 4.90. The van der Waals surface area contributed by atoms with E-state index in [-0.39, 0.29) is 31.4 Å². The first-order valence-electron chi connectivity index (χ1n) is 15.4. The molecule has 0 radical (unpaired) electrons. The van der Waals surface area contributed by atoms with E-state index < -0.39 is 0 Å². The predicted octanol–water partition coefficient (Wildman–Crippen LogP) is 5.69. The minimum absolute atomic E-state index is 0.0650. The van der Waals surface area contributed by atoms with E-state index in [4.69, 9.17) is 15.5 Å². The van der Waals surface area contributed by atoms with Gasteiger partial charge in [0.05, 0.1) is 36.1 Å². The number of imidazole rings is 1. The van der Waals surface area contributed by atoms with Gasteiger partial charge in [-0.15, -0.1) is 0 Å². The number of carbonyl (C=O) groups excluding carboxylic acids is 2. The largest absolute Gasteiger partial charge is 0.466 e. The van der Waals surface area contributed by atoms with Gasteiger partial charge in [0, 0.05) is 36.6 Å². The molecule has 0 saturated carbocycles. The third-order valence-electron chi connectivity index (χ3n) is 7.29. The highest BCUT2D eigenvalue weighted by Gasteiger charge is 2.21. The number of amidine groups is 1. The Balaban J connectivity index is 1.41. The Hall–Kier alpha value is -4.51. The number of nitrogens with one attached hydrogen (secondary N) is 1. The van der Waals surface area contributed by atoms with Crippen LogP contribution in [0.1, 0.15) is 67.7 Å². The Bertz CT molecular complexity index is 1620. The van der Waals surface area contributed by atoms with Crippen LogP contribution in [0, 0.1) is 0 Å². The average molecular weight is 630 g/mol. The number of thiol groups is 1. The molecule has 2 aromatic heterocycles.